The summed E-state index contributed by atoms with van der Waals surface area (Å²) in [6.07, 6.45) is 1.23. The molecule has 1 amide bonds. The molecule has 132 valence electrons. The van der Waals surface area contributed by atoms with E-state index in [4.69, 9.17) is 4.74 Å². The Hall–Kier alpha value is -3.15. The van der Waals surface area contributed by atoms with Crippen molar-refractivity contribution in [2.45, 2.75) is 0 Å². The number of aromatic hydroxyl groups is 1. The highest BCUT2D eigenvalue weighted by Gasteiger charge is 2.08. The Bertz CT molecular complexity index is 922. The monoisotopic (exact) mass is 412 g/mol. The van der Waals surface area contributed by atoms with Gasteiger partial charge >= 0.3 is 5.69 Å². The number of halogens is 1. The smallest absolute Gasteiger partial charge is 0.342 e. The number of carbonyl (C=O) groups excluding carboxylic acids is 1. The maximum Gasteiger partial charge on any atom is 0.342 e. The molecule has 5 N–H and O–H groups in total. The number of ether oxygens (including phenoxy) is 1. The highest BCUT2D eigenvalue weighted by atomic mass is 79.9. The van der Waals surface area contributed by atoms with Crippen molar-refractivity contribution in [3.63, 3.8) is 0 Å². The van der Waals surface area contributed by atoms with Crippen LogP contribution in [0.1, 0.15) is 5.56 Å². The molecule has 1 aromatic carbocycles. The Morgan fingerprint density at radius 2 is 2.24 bits per heavy atom. The lowest BCUT2D eigenvalue weighted by molar-refractivity contribution is -0.119. The first-order valence-electron chi connectivity index (χ1n) is 6.72. The van der Waals surface area contributed by atoms with Gasteiger partial charge in [-0.3, -0.25) is 14.6 Å². The molecule has 0 radical (unpaired) electrons. The lowest BCUT2D eigenvalue weighted by atomic mass is 10.2. The van der Waals surface area contributed by atoms with E-state index < -0.39 is 17.2 Å². The minimum absolute atomic E-state index is 0.134. The number of hydrazone groups is 1. The zero-order valence-corrected chi connectivity index (χ0v) is 14.4. The van der Waals surface area contributed by atoms with E-state index in [1.165, 1.54) is 13.3 Å². The van der Waals surface area contributed by atoms with Crippen molar-refractivity contribution in [2.75, 3.05) is 19.0 Å². The second-order valence-corrected chi connectivity index (χ2v) is 5.46. The molecule has 0 aliphatic carbocycles. The third-order valence-electron chi connectivity index (χ3n) is 2.81. The number of methoxy groups -OCH3 is 1. The SMILES string of the molecule is COc1cc(Br)cc(/C=N/NC(=O)CNc2n[nH]c(=O)[nH]c2=O)c1O. The zero-order chi connectivity index (χ0) is 18.4. The standard InChI is InChI=1S/C13H13BrN6O5/c1-25-8-3-7(14)2-6(10(8)22)4-16-18-9(21)5-15-11-12(23)17-13(24)20-19-11/h2-4,22H,5H2,1H3,(H,15,19)(H,18,21)(H2,17,20,23,24)/b16-4+. The number of H-pyrrole nitrogens is 2. The first-order valence-corrected chi connectivity index (χ1v) is 7.51. The number of phenolic OH excluding ortho intramolecular Hbond substituents is 1. The Balaban J connectivity index is 1.96. The molecule has 0 saturated carbocycles. The molecule has 0 unspecified atom stereocenters. The van der Waals surface area contributed by atoms with Gasteiger partial charge in [-0.1, -0.05) is 15.9 Å². The van der Waals surface area contributed by atoms with Crippen LogP contribution in [-0.2, 0) is 4.79 Å². The van der Waals surface area contributed by atoms with Crippen LogP contribution in [0, 0.1) is 0 Å². The third-order valence-corrected chi connectivity index (χ3v) is 3.27. The average Bonchev–Trinajstić information content (AvgIpc) is 2.56. The molecular formula is C13H13BrN6O5. The molecule has 0 aliphatic heterocycles. The van der Waals surface area contributed by atoms with Gasteiger partial charge in [-0.15, -0.1) is 5.10 Å². The highest BCUT2D eigenvalue weighted by Crippen LogP contribution is 2.32. The van der Waals surface area contributed by atoms with Gasteiger partial charge in [0.15, 0.2) is 11.5 Å². The molecule has 0 saturated heterocycles. The fourth-order valence-corrected chi connectivity index (χ4v) is 2.15. The molecule has 0 aliphatic rings. The molecule has 0 spiro atoms. The van der Waals surface area contributed by atoms with E-state index >= 15 is 0 Å². The minimum atomic E-state index is -0.758. The number of amides is 1. The van der Waals surface area contributed by atoms with E-state index in [9.17, 15) is 19.5 Å². The normalized spacial score (nSPS) is 10.6. The van der Waals surface area contributed by atoms with Crippen molar-refractivity contribution in [2.24, 2.45) is 5.10 Å². The van der Waals surface area contributed by atoms with Crippen LogP contribution >= 0.6 is 15.9 Å². The van der Waals surface area contributed by atoms with E-state index in [-0.39, 0.29) is 23.9 Å². The summed E-state index contributed by atoms with van der Waals surface area (Å²) in [7, 11) is 1.41. The van der Waals surface area contributed by atoms with Gasteiger partial charge in [-0.25, -0.2) is 15.3 Å². The first-order chi connectivity index (χ1) is 11.9. The lowest BCUT2D eigenvalue weighted by Gasteiger charge is -2.07. The number of anilines is 1. The topological polar surface area (TPSA) is 162 Å². The third kappa shape index (κ3) is 4.91. The number of phenols is 1. The number of carbonyl (C=O) groups is 1. The summed E-state index contributed by atoms with van der Waals surface area (Å²) in [5.74, 6) is -0.684. The number of nitrogens with one attached hydrogen (secondary N) is 4. The van der Waals surface area contributed by atoms with Gasteiger partial charge < -0.3 is 15.2 Å². The van der Waals surface area contributed by atoms with E-state index in [1.807, 2.05) is 10.1 Å². The van der Waals surface area contributed by atoms with Gasteiger partial charge in [0.05, 0.1) is 19.9 Å². The number of hydrogen-bond donors (Lipinski definition) is 5. The molecule has 25 heavy (non-hydrogen) atoms. The minimum Gasteiger partial charge on any atom is -0.504 e. The molecule has 1 aromatic heterocycles. The van der Waals surface area contributed by atoms with Crippen LogP contribution in [-0.4, -0.2) is 46.1 Å². The van der Waals surface area contributed by atoms with Crippen molar-refractivity contribution in [1.29, 1.82) is 0 Å². The van der Waals surface area contributed by atoms with E-state index in [0.717, 1.165) is 0 Å². The fraction of sp³-hybridized carbons (Fsp3) is 0.154. The molecule has 1 heterocycles. The van der Waals surface area contributed by atoms with Gasteiger partial charge in [0.2, 0.25) is 5.82 Å². The van der Waals surface area contributed by atoms with Crippen LogP contribution in [0.15, 0.2) is 31.3 Å². The van der Waals surface area contributed by atoms with Crippen molar-refractivity contribution in [1.82, 2.24) is 20.6 Å². The molecule has 2 aromatic rings. The fourth-order valence-electron chi connectivity index (χ4n) is 1.69. The number of aromatic amines is 2. The number of nitrogens with zero attached hydrogens (tertiary/aromatic N) is 2. The molecule has 2 rings (SSSR count). The molecule has 0 fully saturated rings. The highest BCUT2D eigenvalue weighted by molar-refractivity contribution is 9.10. The quantitative estimate of drug-likeness (QED) is 0.315. The molecule has 11 nitrogen and oxygen atoms in total. The van der Waals surface area contributed by atoms with Gasteiger partial charge in [-0.2, -0.15) is 5.10 Å². The Morgan fingerprint density at radius 3 is 2.92 bits per heavy atom. The van der Waals surface area contributed by atoms with Crippen LogP contribution in [0.3, 0.4) is 0 Å². The molecule has 12 heteroatoms. The predicted octanol–water partition coefficient (Wildman–Crippen LogP) is -0.503. The number of rotatable bonds is 6. The summed E-state index contributed by atoms with van der Waals surface area (Å²) in [5, 5.41) is 21.6. The van der Waals surface area contributed by atoms with Crippen molar-refractivity contribution >= 4 is 33.9 Å². The summed E-state index contributed by atoms with van der Waals surface area (Å²) in [4.78, 5) is 35.8. The maximum absolute atomic E-state index is 11.7. The summed E-state index contributed by atoms with van der Waals surface area (Å²) < 4.78 is 5.65. The van der Waals surface area contributed by atoms with Crippen LogP contribution < -0.4 is 26.7 Å². The maximum atomic E-state index is 11.7. The van der Waals surface area contributed by atoms with Crippen molar-refractivity contribution < 1.29 is 14.6 Å². The van der Waals surface area contributed by atoms with Crippen molar-refractivity contribution in [3.8, 4) is 11.5 Å². The van der Waals surface area contributed by atoms with E-state index in [1.54, 1.807) is 12.1 Å². The van der Waals surface area contributed by atoms with Gasteiger partial charge in [0.1, 0.15) is 0 Å². The van der Waals surface area contributed by atoms with Gasteiger partial charge in [0.25, 0.3) is 11.5 Å². The van der Waals surface area contributed by atoms with Gasteiger partial charge in [-0.05, 0) is 12.1 Å². The van der Waals surface area contributed by atoms with E-state index in [2.05, 4.69) is 36.9 Å². The Morgan fingerprint density at radius 1 is 1.48 bits per heavy atom. The molecular weight excluding hydrogens is 400 g/mol. The summed E-state index contributed by atoms with van der Waals surface area (Å²) in [6.45, 7) is -0.312. The van der Waals surface area contributed by atoms with Crippen LogP contribution in [0.5, 0.6) is 11.5 Å². The number of hydrogen-bond acceptors (Lipinski definition) is 8. The predicted molar refractivity (Wildman–Crippen MR) is 92.1 cm³/mol. The summed E-state index contributed by atoms with van der Waals surface area (Å²) in [6, 6.07) is 3.15. The van der Waals surface area contributed by atoms with E-state index in [0.29, 0.717) is 10.0 Å². The zero-order valence-electron chi connectivity index (χ0n) is 12.8. The van der Waals surface area contributed by atoms with Gasteiger partial charge in [0, 0.05) is 10.0 Å². The van der Waals surface area contributed by atoms with Crippen LogP contribution in [0.4, 0.5) is 5.82 Å². The largest absolute Gasteiger partial charge is 0.504 e. The Kier molecular flexibility index (Phi) is 5.89. The molecule has 0 atom stereocenters. The van der Waals surface area contributed by atoms with Crippen LogP contribution in [0.25, 0.3) is 0 Å². The summed E-state index contributed by atoms with van der Waals surface area (Å²) in [5.41, 5.74) is 1.01. The lowest BCUT2D eigenvalue weighted by Crippen LogP contribution is -2.31. The number of benzene rings is 1. The Labute approximate surface area is 148 Å². The van der Waals surface area contributed by atoms with Crippen LogP contribution in [0.2, 0.25) is 0 Å². The first kappa shape index (κ1) is 18.2. The summed E-state index contributed by atoms with van der Waals surface area (Å²) >= 11 is 3.26. The van der Waals surface area contributed by atoms with Crippen molar-refractivity contribution in [3.05, 3.63) is 43.0 Å². The number of aromatic nitrogens is 3. The molecule has 0 bridgehead atoms. The second kappa shape index (κ2) is 8.10. The second-order valence-electron chi connectivity index (χ2n) is 4.55. The average molecular weight is 413 g/mol.